The smallest absolute Gasteiger partial charge is 0.252 e. The predicted molar refractivity (Wildman–Crippen MR) is 98.8 cm³/mol. The van der Waals surface area contributed by atoms with E-state index in [2.05, 4.69) is 5.32 Å². The van der Waals surface area contributed by atoms with Crippen LogP contribution in [0.25, 0.3) is 0 Å². The van der Waals surface area contributed by atoms with E-state index in [1.165, 1.54) is 0 Å². The molecule has 0 atom stereocenters. The molecule has 0 heterocycles. The Bertz CT molecular complexity index is 723. The van der Waals surface area contributed by atoms with Gasteiger partial charge in [0.15, 0.2) is 5.78 Å². The van der Waals surface area contributed by atoms with Crippen molar-refractivity contribution in [2.75, 3.05) is 13.2 Å². The van der Waals surface area contributed by atoms with Crippen molar-refractivity contribution < 1.29 is 14.7 Å². The lowest BCUT2D eigenvalue weighted by Gasteiger charge is -2.21. The first-order valence-corrected chi connectivity index (χ1v) is 8.52. The Balaban J connectivity index is 2.05. The Morgan fingerprint density at radius 3 is 2.20 bits per heavy atom. The van der Waals surface area contributed by atoms with E-state index in [1.807, 2.05) is 19.9 Å². The van der Waals surface area contributed by atoms with Crippen LogP contribution >= 0.6 is 0 Å². The zero-order valence-corrected chi connectivity index (χ0v) is 14.8. The molecule has 0 aromatic heterocycles. The van der Waals surface area contributed by atoms with Crippen LogP contribution in [0.4, 0.5) is 0 Å². The molecular formula is C21H25NO3. The van der Waals surface area contributed by atoms with E-state index in [1.54, 1.807) is 48.5 Å². The number of aliphatic hydroxyl groups excluding tert-OH is 1. The van der Waals surface area contributed by atoms with Gasteiger partial charge in [0.05, 0.1) is 5.56 Å². The van der Waals surface area contributed by atoms with E-state index in [0.29, 0.717) is 23.2 Å². The third-order valence-corrected chi connectivity index (χ3v) is 4.20. The minimum atomic E-state index is -0.248. The van der Waals surface area contributed by atoms with Gasteiger partial charge in [-0.25, -0.2) is 0 Å². The average Bonchev–Trinajstić information content (AvgIpc) is 2.65. The molecule has 2 aromatic rings. The van der Waals surface area contributed by atoms with Gasteiger partial charge in [-0.1, -0.05) is 62.4 Å². The monoisotopic (exact) mass is 339 g/mol. The second kappa shape index (κ2) is 8.58. The van der Waals surface area contributed by atoms with Crippen LogP contribution in [-0.2, 0) is 0 Å². The molecule has 0 aliphatic carbocycles. The summed E-state index contributed by atoms with van der Waals surface area (Å²) in [6.07, 6.45) is 1.59. The van der Waals surface area contributed by atoms with E-state index in [9.17, 15) is 14.7 Å². The van der Waals surface area contributed by atoms with E-state index >= 15 is 0 Å². The van der Waals surface area contributed by atoms with Gasteiger partial charge in [-0.15, -0.1) is 0 Å². The maximum atomic E-state index is 12.7. The molecule has 2 N–H and O–H groups in total. The number of hydrogen-bond acceptors (Lipinski definition) is 3. The van der Waals surface area contributed by atoms with E-state index in [0.717, 1.165) is 12.8 Å². The molecule has 0 aliphatic heterocycles. The average molecular weight is 339 g/mol. The number of rotatable bonds is 8. The third-order valence-electron chi connectivity index (χ3n) is 4.20. The van der Waals surface area contributed by atoms with Gasteiger partial charge in [0.25, 0.3) is 5.91 Å². The molecule has 2 aromatic carbocycles. The summed E-state index contributed by atoms with van der Waals surface area (Å²) in [6, 6.07) is 15.8. The Kier molecular flexibility index (Phi) is 6.48. The Morgan fingerprint density at radius 2 is 1.56 bits per heavy atom. The molecule has 1 amide bonds. The summed E-state index contributed by atoms with van der Waals surface area (Å²) in [6.45, 7) is 4.61. The Hall–Kier alpha value is -2.46. The molecule has 25 heavy (non-hydrogen) atoms. The van der Waals surface area contributed by atoms with Crippen LogP contribution in [0.5, 0.6) is 0 Å². The van der Waals surface area contributed by atoms with Crippen LogP contribution in [0.3, 0.4) is 0 Å². The number of benzene rings is 2. The summed E-state index contributed by atoms with van der Waals surface area (Å²) in [5.41, 5.74) is 1.21. The van der Waals surface area contributed by atoms with Crippen molar-refractivity contribution in [2.24, 2.45) is 5.41 Å². The highest BCUT2D eigenvalue weighted by molar-refractivity contribution is 6.15. The van der Waals surface area contributed by atoms with Crippen LogP contribution in [0.2, 0.25) is 0 Å². The Labute approximate surface area is 148 Å². The number of nitrogens with one attached hydrogen (secondary N) is 1. The summed E-state index contributed by atoms with van der Waals surface area (Å²) in [5, 5.41) is 12.1. The first kappa shape index (κ1) is 18.9. The molecule has 2 rings (SSSR count). The first-order chi connectivity index (χ1) is 11.9. The lowest BCUT2D eigenvalue weighted by molar-refractivity contribution is 0.0937. The van der Waals surface area contributed by atoms with Crippen molar-refractivity contribution in [2.45, 2.75) is 26.7 Å². The largest absolute Gasteiger partial charge is 0.396 e. The molecule has 0 saturated heterocycles. The molecule has 0 aliphatic rings. The molecule has 0 fully saturated rings. The summed E-state index contributed by atoms with van der Waals surface area (Å²) in [5.74, 6) is -0.408. The van der Waals surface area contributed by atoms with Gasteiger partial charge < -0.3 is 10.4 Å². The zero-order chi connectivity index (χ0) is 18.3. The lowest BCUT2D eigenvalue weighted by atomic mass is 9.89. The molecule has 132 valence electrons. The zero-order valence-electron chi connectivity index (χ0n) is 14.8. The molecular weight excluding hydrogens is 314 g/mol. The number of carbonyl (C=O) groups excluding carboxylic acids is 2. The molecule has 4 heteroatoms. The van der Waals surface area contributed by atoms with Crippen LogP contribution in [-0.4, -0.2) is 29.9 Å². The van der Waals surface area contributed by atoms with Crippen molar-refractivity contribution in [3.63, 3.8) is 0 Å². The summed E-state index contributed by atoms with van der Waals surface area (Å²) in [7, 11) is 0. The quantitative estimate of drug-likeness (QED) is 0.572. The fraction of sp³-hybridized carbons (Fsp3) is 0.333. The van der Waals surface area contributed by atoms with Gasteiger partial charge >= 0.3 is 0 Å². The predicted octanol–water partition coefficient (Wildman–Crippen LogP) is 3.45. The minimum Gasteiger partial charge on any atom is -0.396 e. The van der Waals surface area contributed by atoms with E-state index < -0.39 is 0 Å². The number of amides is 1. The number of ketones is 1. The second-order valence-electron chi connectivity index (χ2n) is 6.92. The van der Waals surface area contributed by atoms with Crippen molar-refractivity contribution in [1.82, 2.24) is 5.32 Å². The van der Waals surface area contributed by atoms with Crippen LogP contribution in [0.1, 0.15) is 53.0 Å². The first-order valence-electron chi connectivity index (χ1n) is 8.52. The van der Waals surface area contributed by atoms with Gasteiger partial charge in [-0.3, -0.25) is 9.59 Å². The highest BCUT2D eigenvalue weighted by Gasteiger charge is 2.19. The SMILES string of the molecule is CC(C)(CO)CCCNC(=O)c1ccccc1C(=O)c1ccccc1. The number of hydrogen-bond donors (Lipinski definition) is 2. The molecule has 4 nitrogen and oxygen atoms in total. The normalized spacial score (nSPS) is 11.2. The fourth-order valence-electron chi connectivity index (χ4n) is 2.57. The minimum absolute atomic E-state index is 0.120. The highest BCUT2D eigenvalue weighted by Crippen LogP contribution is 2.20. The van der Waals surface area contributed by atoms with Gasteiger partial charge in [-0.05, 0) is 24.3 Å². The summed E-state index contributed by atoms with van der Waals surface area (Å²) < 4.78 is 0. The van der Waals surface area contributed by atoms with Crippen molar-refractivity contribution in [1.29, 1.82) is 0 Å². The van der Waals surface area contributed by atoms with Gasteiger partial charge in [0.1, 0.15) is 0 Å². The lowest BCUT2D eigenvalue weighted by Crippen LogP contribution is -2.28. The third kappa shape index (κ3) is 5.26. The molecule has 0 saturated carbocycles. The van der Waals surface area contributed by atoms with Crippen molar-refractivity contribution in [3.8, 4) is 0 Å². The van der Waals surface area contributed by atoms with Gasteiger partial charge in [0, 0.05) is 24.3 Å². The number of aliphatic hydroxyl groups is 1. The fourth-order valence-corrected chi connectivity index (χ4v) is 2.57. The van der Waals surface area contributed by atoms with Crippen molar-refractivity contribution in [3.05, 3.63) is 71.3 Å². The standard InChI is InChI=1S/C21H25NO3/c1-21(2,15-23)13-8-14-22-20(25)18-12-7-6-11-17(18)19(24)16-9-4-3-5-10-16/h3-7,9-12,23H,8,13-15H2,1-2H3,(H,22,25). The highest BCUT2D eigenvalue weighted by atomic mass is 16.3. The molecule has 0 unspecified atom stereocenters. The van der Waals surface area contributed by atoms with Crippen LogP contribution < -0.4 is 5.32 Å². The van der Waals surface area contributed by atoms with Crippen molar-refractivity contribution >= 4 is 11.7 Å². The molecule has 0 spiro atoms. The summed E-state index contributed by atoms with van der Waals surface area (Å²) >= 11 is 0. The van der Waals surface area contributed by atoms with Crippen LogP contribution in [0, 0.1) is 5.41 Å². The van der Waals surface area contributed by atoms with Crippen LogP contribution in [0.15, 0.2) is 54.6 Å². The maximum Gasteiger partial charge on any atom is 0.252 e. The van der Waals surface area contributed by atoms with Gasteiger partial charge in [-0.2, -0.15) is 0 Å². The topological polar surface area (TPSA) is 66.4 Å². The number of carbonyl (C=O) groups is 2. The second-order valence-corrected chi connectivity index (χ2v) is 6.92. The van der Waals surface area contributed by atoms with E-state index in [-0.39, 0.29) is 23.7 Å². The summed E-state index contributed by atoms with van der Waals surface area (Å²) in [4.78, 5) is 25.1. The van der Waals surface area contributed by atoms with Gasteiger partial charge in [0.2, 0.25) is 0 Å². The molecule has 0 bridgehead atoms. The Morgan fingerprint density at radius 1 is 0.960 bits per heavy atom. The van der Waals surface area contributed by atoms with E-state index in [4.69, 9.17) is 0 Å². The molecule has 0 radical (unpaired) electrons. The maximum absolute atomic E-state index is 12.7.